The zero-order valence-electron chi connectivity index (χ0n) is 14.1. The van der Waals surface area contributed by atoms with Crippen LogP contribution in [0.4, 0.5) is 0 Å². The SMILES string of the molecule is CCNC(CC1CCCN(Cc2ccc(OC)cc2)C1)C(=O)O. The minimum Gasteiger partial charge on any atom is -0.497 e. The molecule has 1 saturated heterocycles. The maximum absolute atomic E-state index is 11.3. The number of nitrogens with one attached hydrogen (secondary N) is 1. The van der Waals surface area contributed by atoms with Gasteiger partial charge in [-0.05, 0) is 56.0 Å². The molecular weight excluding hydrogens is 292 g/mol. The summed E-state index contributed by atoms with van der Waals surface area (Å²) in [5.74, 6) is 0.585. The van der Waals surface area contributed by atoms with Gasteiger partial charge in [0.25, 0.3) is 0 Å². The number of likely N-dealkylation sites (N-methyl/N-ethyl adjacent to an activating group) is 1. The molecule has 1 aliphatic heterocycles. The van der Waals surface area contributed by atoms with E-state index in [4.69, 9.17) is 4.74 Å². The Morgan fingerprint density at radius 2 is 2.17 bits per heavy atom. The van der Waals surface area contributed by atoms with Gasteiger partial charge in [-0.3, -0.25) is 9.69 Å². The van der Waals surface area contributed by atoms with E-state index in [1.54, 1.807) is 7.11 Å². The second-order valence-corrected chi connectivity index (χ2v) is 6.28. The lowest BCUT2D eigenvalue weighted by Gasteiger charge is -2.34. The smallest absolute Gasteiger partial charge is 0.320 e. The molecular formula is C18H28N2O3. The predicted molar refractivity (Wildman–Crippen MR) is 90.7 cm³/mol. The summed E-state index contributed by atoms with van der Waals surface area (Å²) in [6.07, 6.45) is 2.97. The van der Waals surface area contributed by atoms with Crippen molar-refractivity contribution in [3.05, 3.63) is 29.8 Å². The van der Waals surface area contributed by atoms with Crippen LogP contribution in [0.3, 0.4) is 0 Å². The lowest BCUT2D eigenvalue weighted by atomic mass is 9.91. The van der Waals surface area contributed by atoms with Crippen LogP contribution in [0.5, 0.6) is 5.75 Å². The molecule has 2 rings (SSSR count). The molecule has 0 amide bonds. The third-order valence-electron chi connectivity index (χ3n) is 4.49. The van der Waals surface area contributed by atoms with Crippen molar-refractivity contribution in [1.82, 2.24) is 10.2 Å². The summed E-state index contributed by atoms with van der Waals surface area (Å²) in [5.41, 5.74) is 1.27. The van der Waals surface area contributed by atoms with Gasteiger partial charge in [-0.1, -0.05) is 19.1 Å². The molecule has 1 aliphatic rings. The highest BCUT2D eigenvalue weighted by Gasteiger charge is 2.26. The minimum absolute atomic E-state index is 0.425. The van der Waals surface area contributed by atoms with Gasteiger partial charge in [-0.15, -0.1) is 0 Å². The summed E-state index contributed by atoms with van der Waals surface area (Å²) in [6, 6.07) is 7.75. The number of benzene rings is 1. The van der Waals surface area contributed by atoms with Gasteiger partial charge in [0.2, 0.25) is 0 Å². The molecule has 0 aromatic heterocycles. The first-order valence-electron chi connectivity index (χ1n) is 8.43. The first-order chi connectivity index (χ1) is 11.1. The second-order valence-electron chi connectivity index (χ2n) is 6.28. The molecule has 0 spiro atoms. The van der Waals surface area contributed by atoms with Gasteiger partial charge >= 0.3 is 5.97 Å². The molecule has 1 aromatic carbocycles. The van der Waals surface area contributed by atoms with Gasteiger partial charge in [0.05, 0.1) is 7.11 Å². The molecule has 23 heavy (non-hydrogen) atoms. The maximum Gasteiger partial charge on any atom is 0.320 e. The van der Waals surface area contributed by atoms with Crippen LogP contribution in [0.2, 0.25) is 0 Å². The molecule has 5 nitrogen and oxygen atoms in total. The van der Waals surface area contributed by atoms with Gasteiger partial charge in [0.1, 0.15) is 11.8 Å². The Kier molecular flexibility index (Phi) is 6.86. The van der Waals surface area contributed by atoms with Crippen LogP contribution in [0, 0.1) is 5.92 Å². The highest BCUT2D eigenvalue weighted by Crippen LogP contribution is 2.23. The monoisotopic (exact) mass is 320 g/mol. The number of rotatable bonds is 8. The van der Waals surface area contributed by atoms with Crippen LogP contribution >= 0.6 is 0 Å². The van der Waals surface area contributed by atoms with Crippen molar-refractivity contribution in [2.75, 3.05) is 26.7 Å². The van der Waals surface area contributed by atoms with E-state index in [0.717, 1.165) is 38.2 Å². The van der Waals surface area contributed by atoms with Gasteiger partial charge in [-0.25, -0.2) is 0 Å². The van der Waals surface area contributed by atoms with Crippen LogP contribution in [0.25, 0.3) is 0 Å². The second kappa shape index (κ2) is 8.89. The molecule has 2 N–H and O–H groups in total. The Balaban J connectivity index is 1.88. The van der Waals surface area contributed by atoms with E-state index in [-0.39, 0.29) is 0 Å². The van der Waals surface area contributed by atoms with Crippen molar-refractivity contribution in [2.45, 2.75) is 38.8 Å². The van der Waals surface area contributed by atoms with Crippen LogP contribution in [0.15, 0.2) is 24.3 Å². The summed E-state index contributed by atoms with van der Waals surface area (Å²) >= 11 is 0. The molecule has 0 bridgehead atoms. The van der Waals surface area contributed by atoms with E-state index >= 15 is 0 Å². The molecule has 2 atom stereocenters. The number of carboxylic acids is 1. The maximum atomic E-state index is 11.3. The van der Waals surface area contributed by atoms with E-state index in [9.17, 15) is 9.90 Å². The van der Waals surface area contributed by atoms with Gasteiger partial charge in [0.15, 0.2) is 0 Å². The van der Waals surface area contributed by atoms with Crippen LogP contribution in [0.1, 0.15) is 31.7 Å². The number of likely N-dealkylation sites (tertiary alicyclic amines) is 1. The van der Waals surface area contributed by atoms with Crippen molar-refractivity contribution in [3.63, 3.8) is 0 Å². The number of methoxy groups -OCH3 is 1. The van der Waals surface area contributed by atoms with E-state index in [0.29, 0.717) is 18.9 Å². The van der Waals surface area contributed by atoms with E-state index in [1.807, 2.05) is 19.1 Å². The highest BCUT2D eigenvalue weighted by molar-refractivity contribution is 5.73. The lowest BCUT2D eigenvalue weighted by molar-refractivity contribution is -0.140. The van der Waals surface area contributed by atoms with E-state index < -0.39 is 12.0 Å². The predicted octanol–water partition coefficient (Wildman–Crippen LogP) is 2.36. The number of hydrogen-bond donors (Lipinski definition) is 2. The number of carboxylic acid groups (broad SMARTS) is 1. The third kappa shape index (κ3) is 5.52. The molecule has 0 aliphatic carbocycles. The van der Waals surface area contributed by atoms with Gasteiger partial charge < -0.3 is 15.2 Å². The number of hydrogen-bond acceptors (Lipinski definition) is 4. The van der Waals surface area contributed by atoms with Crippen LogP contribution < -0.4 is 10.1 Å². The number of nitrogens with zero attached hydrogens (tertiary/aromatic N) is 1. The average molecular weight is 320 g/mol. The van der Waals surface area contributed by atoms with Gasteiger partial charge in [-0.2, -0.15) is 0 Å². The van der Waals surface area contributed by atoms with Crippen LogP contribution in [-0.2, 0) is 11.3 Å². The first-order valence-corrected chi connectivity index (χ1v) is 8.43. The summed E-state index contributed by atoms with van der Waals surface area (Å²) in [7, 11) is 1.67. The summed E-state index contributed by atoms with van der Waals surface area (Å²) in [6.45, 7) is 5.62. The quantitative estimate of drug-likeness (QED) is 0.770. The Morgan fingerprint density at radius 3 is 2.78 bits per heavy atom. The number of piperidine rings is 1. The van der Waals surface area contributed by atoms with Crippen LogP contribution in [-0.4, -0.2) is 48.8 Å². The third-order valence-corrected chi connectivity index (χ3v) is 4.49. The van der Waals surface area contributed by atoms with Crippen molar-refractivity contribution in [3.8, 4) is 5.75 Å². The zero-order chi connectivity index (χ0) is 16.7. The number of aliphatic carboxylic acids is 1. The van der Waals surface area contributed by atoms with Gasteiger partial charge in [0, 0.05) is 13.1 Å². The molecule has 1 heterocycles. The normalized spacial score (nSPS) is 20.2. The Hall–Kier alpha value is -1.59. The molecule has 2 unspecified atom stereocenters. The lowest BCUT2D eigenvalue weighted by Crippen LogP contribution is -2.42. The number of carbonyl (C=O) groups is 1. The molecule has 1 fully saturated rings. The first kappa shape index (κ1) is 17.8. The topological polar surface area (TPSA) is 61.8 Å². The number of ether oxygens (including phenoxy) is 1. The van der Waals surface area contributed by atoms with Crippen molar-refractivity contribution >= 4 is 5.97 Å². The van der Waals surface area contributed by atoms with E-state index in [1.165, 1.54) is 5.56 Å². The molecule has 1 aromatic rings. The average Bonchev–Trinajstić information content (AvgIpc) is 2.55. The zero-order valence-corrected chi connectivity index (χ0v) is 14.1. The summed E-state index contributed by atoms with van der Waals surface area (Å²) in [5, 5.41) is 12.4. The Labute approximate surface area is 138 Å². The molecule has 0 radical (unpaired) electrons. The molecule has 5 heteroatoms. The fraction of sp³-hybridized carbons (Fsp3) is 0.611. The fourth-order valence-corrected chi connectivity index (χ4v) is 3.33. The Bertz CT molecular complexity index is 490. The summed E-state index contributed by atoms with van der Waals surface area (Å²) in [4.78, 5) is 13.7. The van der Waals surface area contributed by atoms with Crippen molar-refractivity contribution in [1.29, 1.82) is 0 Å². The minimum atomic E-state index is -0.737. The Morgan fingerprint density at radius 1 is 1.43 bits per heavy atom. The molecule has 0 saturated carbocycles. The van der Waals surface area contributed by atoms with Crippen molar-refractivity contribution in [2.24, 2.45) is 5.92 Å². The standard InChI is InChI=1S/C18H28N2O3/c1-3-19-17(18(21)22)11-15-5-4-10-20(13-15)12-14-6-8-16(23-2)9-7-14/h6-9,15,17,19H,3-5,10-13H2,1-2H3,(H,21,22). The molecule has 128 valence electrons. The van der Waals surface area contributed by atoms with E-state index in [2.05, 4.69) is 22.3 Å². The fourth-order valence-electron chi connectivity index (χ4n) is 3.33. The summed E-state index contributed by atoms with van der Waals surface area (Å²) < 4.78 is 5.19. The largest absolute Gasteiger partial charge is 0.497 e. The van der Waals surface area contributed by atoms with Crippen molar-refractivity contribution < 1.29 is 14.6 Å². The highest BCUT2D eigenvalue weighted by atomic mass is 16.5.